The topological polar surface area (TPSA) is 49.3 Å². The largest absolute Gasteiger partial charge is 0.394 e. The van der Waals surface area contributed by atoms with Gasteiger partial charge in [-0.2, -0.15) is 0 Å². The standard InChI is InChI=1S/C22H26ClNO2/c1-15(14-25)24-22(26)20-12-18(16-5-3-2-4-6-16)11-19(13-20)17-7-9-21(23)10-8-17/h7-13,15-16,25H,2-6,14H2,1H3,(H,24,26)/t15-/m0/s1. The molecule has 0 heterocycles. The molecule has 4 heteroatoms. The number of hydrogen-bond acceptors (Lipinski definition) is 2. The van der Waals surface area contributed by atoms with Crippen LogP contribution in [0.15, 0.2) is 42.5 Å². The molecular formula is C22H26ClNO2. The predicted octanol–water partition coefficient (Wildman–Crippen LogP) is 5.17. The molecule has 1 saturated carbocycles. The molecule has 0 spiro atoms. The van der Waals surface area contributed by atoms with Gasteiger partial charge in [0.25, 0.3) is 5.91 Å². The van der Waals surface area contributed by atoms with E-state index in [0.717, 1.165) is 11.1 Å². The maximum Gasteiger partial charge on any atom is 0.251 e. The zero-order chi connectivity index (χ0) is 18.5. The first-order valence-corrected chi connectivity index (χ1v) is 9.77. The number of hydrogen-bond donors (Lipinski definition) is 2. The van der Waals surface area contributed by atoms with Gasteiger partial charge in [-0.1, -0.05) is 49.1 Å². The van der Waals surface area contributed by atoms with Crippen LogP contribution in [-0.2, 0) is 0 Å². The van der Waals surface area contributed by atoms with Crippen LogP contribution in [0.4, 0.5) is 0 Å². The van der Waals surface area contributed by atoms with Crippen LogP contribution in [0.3, 0.4) is 0 Å². The molecule has 0 unspecified atom stereocenters. The van der Waals surface area contributed by atoms with Crippen LogP contribution in [0.25, 0.3) is 11.1 Å². The summed E-state index contributed by atoms with van der Waals surface area (Å²) in [6, 6.07) is 13.6. The molecule has 2 aromatic carbocycles. The third kappa shape index (κ3) is 4.66. The van der Waals surface area contributed by atoms with E-state index in [-0.39, 0.29) is 18.6 Å². The minimum Gasteiger partial charge on any atom is -0.394 e. The summed E-state index contributed by atoms with van der Waals surface area (Å²) in [7, 11) is 0. The molecule has 2 N–H and O–H groups in total. The van der Waals surface area contributed by atoms with Gasteiger partial charge in [0.15, 0.2) is 0 Å². The monoisotopic (exact) mass is 371 g/mol. The maximum atomic E-state index is 12.6. The molecule has 1 aliphatic rings. The Labute approximate surface area is 160 Å². The van der Waals surface area contributed by atoms with Crippen molar-refractivity contribution in [3.63, 3.8) is 0 Å². The summed E-state index contributed by atoms with van der Waals surface area (Å²) in [5, 5.41) is 12.8. The van der Waals surface area contributed by atoms with Crippen molar-refractivity contribution in [1.29, 1.82) is 0 Å². The molecule has 0 aromatic heterocycles. The van der Waals surface area contributed by atoms with Gasteiger partial charge in [0.2, 0.25) is 0 Å². The van der Waals surface area contributed by atoms with Crippen molar-refractivity contribution in [3.8, 4) is 11.1 Å². The minimum atomic E-state index is -0.264. The predicted molar refractivity (Wildman–Crippen MR) is 107 cm³/mol. The van der Waals surface area contributed by atoms with Crippen LogP contribution in [0, 0.1) is 0 Å². The number of benzene rings is 2. The van der Waals surface area contributed by atoms with Crippen molar-refractivity contribution in [3.05, 3.63) is 58.6 Å². The van der Waals surface area contributed by atoms with Gasteiger partial charge < -0.3 is 10.4 Å². The van der Waals surface area contributed by atoms with Crippen molar-refractivity contribution in [2.75, 3.05) is 6.61 Å². The lowest BCUT2D eigenvalue weighted by molar-refractivity contribution is 0.0922. The van der Waals surface area contributed by atoms with Gasteiger partial charge in [0.05, 0.1) is 6.61 Å². The fourth-order valence-corrected chi connectivity index (χ4v) is 3.74. The van der Waals surface area contributed by atoms with Gasteiger partial charge in [-0.05, 0) is 66.6 Å². The Balaban J connectivity index is 1.98. The summed E-state index contributed by atoms with van der Waals surface area (Å²) in [5.41, 5.74) is 3.97. The summed E-state index contributed by atoms with van der Waals surface area (Å²) in [6.45, 7) is 1.72. The molecule has 1 aliphatic carbocycles. The van der Waals surface area contributed by atoms with Gasteiger partial charge >= 0.3 is 0 Å². The quantitative estimate of drug-likeness (QED) is 0.762. The normalized spacial score (nSPS) is 16.3. The van der Waals surface area contributed by atoms with Crippen LogP contribution in [-0.4, -0.2) is 23.7 Å². The first kappa shape index (κ1) is 18.9. The minimum absolute atomic E-state index is 0.0713. The number of aliphatic hydroxyl groups is 1. The molecular weight excluding hydrogens is 346 g/mol. The lowest BCUT2D eigenvalue weighted by Crippen LogP contribution is -2.35. The number of nitrogens with one attached hydrogen (secondary N) is 1. The molecule has 0 saturated heterocycles. The van der Waals surface area contributed by atoms with Crippen molar-refractivity contribution >= 4 is 17.5 Å². The highest BCUT2D eigenvalue weighted by Crippen LogP contribution is 2.35. The van der Waals surface area contributed by atoms with Crippen LogP contribution < -0.4 is 5.32 Å². The summed E-state index contributed by atoms with van der Waals surface area (Å²) >= 11 is 6.02. The van der Waals surface area contributed by atoms with Gasteiger partial charge in [-0.3, -0.25) is 4.79 Å². The van der Waals surface area contributed by atoms with Crippen molar-refractivity contribution < 1.29 is 9.90 Å². The molecule has 26 heavy (non-hydrogen) atoms. The fraction of sp³-hybridized carbons (Fsp3) is 0.409. The number of carbonyl (C=O) groups is 1. The van der Waals surface area contributed by atoms with Crippen molar-refractivity contribution in [1.82, 2.24) is 5.32 Å². The van der Waals surface area contributed by atoms with E-state index >= 15 is 0 Å². The molecule has 3 nitrogen and oxygen atoms in total. The number of rotatable bonds is 5. The van der Waals surface area contributed by atoms with E-state index in [1.54, 1.807) is 6.92 Å². The van der Waals surface area contributed by atoms with Crippen molar-refractivity contribution in [2.45, 2.75) is 51.0 Å². The first-order valence-electron chi connectivity index (χ1n) is 9.39. The summed E-state index contributed by atoms with van der Waals surface area (Å²) < 4.78 is 0. The molecule has 2 aromatic rings. The van der Waals surface area contributed by atoms with E-state index in [1.165, 1.54) is 37.7 Å². The average Bonchev–Trinajstić information content (AvgIpc) is 2.68. The second-order valence-corrected chi connectivity index (χ2v) is 7.68. The Morgan fingerprint density at radius 2 is 1.81 bits per heavy atom. The molecule has 138 valence electrons. The summed E-state index contributed by atoms with van der Waals surface area (Å²) in [5.74, 6) is 0.372. The van der Waals surface area contributed by atoms with E-state index in [9.17, 15) is 9.90 Å². The molecule has 0 bridgehead atoms. The van der Waals surface area contributed by atoms with Gasteiger partial charge in [0.1, 0.15) is 0 Å². The van der Waals surface area contributed by atoms with E-state index < -0.39 is 0 Å². The number of halogens is 1. The van der Waals surface area contributed by atoms with E-state index in [1.807, 2.05) is 36.4 Å². The van der Waals surface area contributed by atoms with E-state index in [0.29, 0.717) is 16.5 Å². The van der Waals surface area contributed by atoms with Crippen molar-refractivity contribution in [2.24, 2.45) is 0 Å². The van der Waals surface area contributed by atoms with Crippen LogP contribution in [0.5, 0.6) is 0 Å². The molecule has 0 radical (unpaired) electrons. The Kier molecular flexibility index (Phi) is 6.33. The summed E-state index contributed by atoms with van der Waals surface area (Å²) in [6.07, 6.45) is 6.16. The third-order valence-electron chi connectivity index (χ3n) is 5.12. The zero-order valence-corrected chi connectivity index (χ0v) is 15.9. The highest BCUT2D eigenvalue weighted by atomic mass is 35.5. The second-order valence-electron chi connectivity index (χ2n) is 7.24. The molecule has 1 atom stereocenters. The Morgan fingerprint density at radius 1 is 1.12 bits per heavy atom. The van der Waals surface area contributed by atoms with Gasteiger partial charge in [-0.25, -0.2) is 0 Å². The zero-order valence-electron chi connectivity index (χ0n) is 15.2. The lowest BCUT2D eigenvalue weighted by atomic mass is 9.82. The van der Waals surface area contributed by atoms with Crippen LogP contribution in [0.1, 0.15) is 60.9 Å². The Hall–Kier alpha value is -1.84. The number of aliphatic hydroxyl groups excluding tert-OH is 1. The van der Waals surface area contributed by atoms with Crippen LogP contribution in [0.2, 0.25) is 5.02 Å². The number of amides is 1. The second kappa shape index (κ2) is 8.70. The summed E-state index contributed by atoms with van der Waals surface area (Å²) in [4.78, 5) is 12.6. The molecule has 1 fully saturated rings. The highest BCUT2D eigenvalue weighted by Gasteiger charge is 2.19. The molecule has 1 amide bonds. The smallest absolute Gasteiger partial charge is 0.251 e. The lowest BCUT2D eigenvalue weighted by Gasteiger charge is -2.23. The van der Waals surface area contributed by atoms with E-state index in [4.69, 9.17) is 11.6 Å². The molecule has 3 rings (SSSR count). The first-order chi connectivity index (χ1) is 12.6. The Bertz CT molecular complexity index is 751. The Morgan fingerprint density at radius 3 is 2.46 bits per heavy atom. The molecule has 0 aliphatic heterocycles. The average molecular weight is 372 g/mol. The van der Waals surface area contributed by atoms with E-state index in [2.05, 4.69) is 11.4 Å². The van der Waals surface area contributed by atoms with Gasteiger partial charge in [0, 0.05) is 16.6 Å². The number of carbonyl (C=O) groups excluding carboxylic acids is 1. The third-order valence-corrected chi connectivity index (χ3v) is 5.37. The fourth-order valence-electron chi connectivity index (χ4n) is 3.62. The van der Waals surface area contributed by atoms with Crippen LogP contribution >= 0.6 is 11.6 Å². The SMILES string of the molecule is C[C@@H](CO)NC(=O)c1cc(-c2ccc(Cl)cc2)cc(C2CCCCC2)c1. The highest BCUT2D eigenvalue weighted by molar-refractivity contribution is 6.30. The van der Waals surface area contributed by atoms with Gasteiger partial charge in [-0.15, -0.1) is 0 Å². The maximum absolute atomic E-state index is 12.6.